The third-order valence-electron chi connectivity index (χ3n) is 3.17. The zero-order valence-electron chi connectivity index (χ0n) is 13.0. The number of carbonyl (C=O) groups is 1. The van der Waals surface area contributed by atoms with Crippen LogP contribution in [0.15, 0.2) is 47.8 Å². The lowest BCUT2D eigenvalue weighted by Crippen LogP contribution is -2.19. The zero-order valence-corrected chi connectivity index (χ0v) is 15.4. The molecule has 1 aromatic heterocycles. The quantitative estimate of drug-likeness (QED) is 0.556. The normalized spacial score (nSPS) is 10.2. The van der Waals surface area contributed by atoms with E-state index < -0.39 is 5.82 Å². The number of halogens is 2. The van der Waals surface area contributed by atoms with E-state index in [0.717, 1.165) is 11.5 Å². The van der Waals surface area contributed by atoms with Crippen molar-refractivity contribution in [3.63, 3.8) is 0 Å². The van der Waals surface area contributed by atoms with E-state index in [9.17, 15) is 9.18 Å². The Bertz CT molecular complexity index is 934. The Kier molecular flexibility index (Phi) is 5.71. The van der Waals surface area contributed by atoms with Crippen molar-refractivity contribution in [2.75, 3.05) is 16.0 Å². The molecule has 26 heavy (non-hydrogen) atoms. The van der Waals surface area contributed by atoms with Gasteiger partial charge in [0.25, 0.3) is 5.91 Å². The van der Waals surface area contributed by atoms with Crippen molar-refractivity contribution in [2.45, 2.75) is 0 Å². The molecule has 0 unspecified atom stereocenters. The molecule has 1 heterocycles. The van der Waals surface area contributed by atoms with Crippen LogP contribution < -0.4 is 16.0 Å². The van der Waals surface area contributed by atoms with Crippen molar-refractivity contribution < 1.29 is 9.18 Å². The van der Waals surface area contributed by atoms with Gasteiger partial charge in [-0.1, -0.05) is 16.1 Å². The largest absolute Gasteiger partial charge is 0.332 e. The zero-order chi connectivity index (χ0) is 18.5. The summed E-state index contributed by atoms with van der Waals surface area (Å²) in [6, 6.07) is 11.2. The molecular weight excluding hydrogens is 397 g/mol. The second-order valence-corrected chi connectivity index (χ2v) is 6.45. The van der Waals surface area contributed by atoms with Crippen molar-refractivity contribution in [1.82, 2.24) is 9.59 Å². The molecule has 132 valence electrons. The summed E-state index contributed by atoms with van der Waals surface area (Å²) < 4.78 is 16.8. The Morgan fingerprint density at radius 2 is 1.65 bits per heavy atom. The van der Waals surface area contributed by atoms with Crippen LogP contribution in [0.3, 0.4) is 0 Å². The summed E-state index contributed by atoms with van der Waals surface area (Å²) in [5, 5.41) is 14.2. The third kappa shape index (κ3) is 4.72. The number of carbonyl (C=O) groups excluding carboxylic acids is 1. The van der Waals surface area contributed by atoms with Crippen molar-refractivity contribution in [3.8, 4) is 0 Å². The first-order valence-electron chi connectivity index (χ1n) is 7.23. The maximum atomic E-state index is 13.2. The smallest absolute Gasteiger partial charge is 0.277 e. The molecule has 0 spiro atoms. The molecule has 0 radical (unpaired) electrons. The maximum Gasteiger partial charge on any atom is 0.277 e. The Morgan fingerprint density at radius 1 is 1.04 bits per heavy atom. The number of nitrogens with zero attached hydrogens (tertiary/aromatic N) is 2. The molecule has 3 aromatic rings. The fraction of sp³-hybridized carbons (Fsp3) is 0. The number of benzene rings is 2. The summed E-state index contributed by atoms with van der Waals surface area (Å²) in [4.78, 5) is 11.9. The summed E-state index contributed by atoms with van der Waals surface area (Å²) in [7, 11) is 0. The van der Waals surface area contributed by atoms with E-state index in [-0.39, 0.29) is 16.6 Å². The van der Waals surface area contributed by atoms with Gasteiger partial charge >= 0.3 is 0 Å². The number of hydrogen-bond donors (Lipinski definition) is 3. The van der Waals surface area contributed by atoms with Gasteiger partial charge in [-0.05, 0) is 66.2 Å². The molecule has 0 saturated carbocycles. The molecule has 0 saturated heterocycles. The first kappa shape index (κ1) is 18.2. The fourth-order valence-corrected chi connectivity index (χ4v) is 2.82. The van der Waals surface area contributed by atoms with Crippen LogP contribution in [-0.2, 0) is 0 Å². The van der Waals surface area contributed by atoms with Crippen molar-refractivity contribution in [3.05, 3.63) is 64.4 Å². The van der Waals surface area contributed by atoms with Crippen molar-refractivity contribution >= 4 is 63.4 Å². The van der Waals surface area contributed by atoms with Gasteiger partial charge in [-0.2, -0.15) is 0 Å². The maximum absolute atomic E-state index is 13.2. The van der Waals surface area contributed by atoms with E-state index in [4.69, 9.17) is 23.8 Å². The van der Waals surface area contributed by atoms with Crippen LogP contribution in [0.1, 0.15) is 10.5 Å². The molecule has 0 bridgehead atoms. The molecule has 10 heteroatoms. The second-order valence-electron chi connectivity index (χ2n) is 5.03. The van der Waals surface area contributed by atoms with Crippen LogP contribution in [-0.4, -0.2) is 20.6 Å². The second kappa shape index (κ2) is 8.17. The first-order chi connectivity index (χ1) is 12.5. The van der Waals surface area contributed by atoms with Crippen LogP contribution in [0.2, 0.25) is 5.02 Å². The van der Waals surface area contributed by atoms with Gasteiger partial charge in [-0.3, -0.25) is 4.79 Å². The van der Waals surface area contributed by atoms with Crippen molar-refractivity contribution in [2.24, 2.45) is 0 Å². The molecule has 0 aliphatic heterocycles. The highest BCUT2D eigenvalue weighted by molar-refractivity contribution is 7.80. The van der Waals surface area contributed by atoms with Crippen LogP contribution >= 0.6 is 35.4 Å². The number of aromatic nitrogens is 2. The molecular formula is C16H11ClFN5OS2. The van der Waals surface area contributed by atoms with E-state index in [2.05, 4.69) is 25.5 Å². The molecule has 0 aliphatic rings. The van der Waals surface area contributed by atoms with E-state index in [0.29, 0.717) is 22.2 Å². The molecule has 3 rings (SSSR count). The van der Waals surface area contributed by atoms with Crippen molar-refractivity contribution in [1.29, 1.82) is 0 Å². The molecule has 6 nitrogen and oxygen atoms in total. The topological polar surface area (TPSA) is 78.9 Å². The lowest BCUT2D eigenvalue weighted by atomic mass is 10.2. The fourth-order valence-electron chi connectivity index (χ4n) is 1.96. The van der Waals surface area contributed by atoms with Gasteiger partial charge in [0.05, 0.1) is 5.02 Å². The molecule has 3 N–H and O–H groups in total. The van der Waals surface area contributed by atoms with Gasteiger partial charge < -0.3 is 16.0 Å². The number of hydrogen-bond acceptors (Lipinski definition) is 5. The number of anilines is 3. The molecule has 2 aromatic carbocycles. The lowest BCUT2D eigenvalue weighted by Gasteiger charge is -2.11. The van der Waals surface area contributed by atoms with E-state index in [1.807, 2.05) is 0 Å². The third-order valence-corrected chi connectivity index (χ3v) is 4.17. The van der Waals surface area contributed by atoms with Gasteiger partial charge in [-0.25, -0.2) is 4.39 Å². The SMILES string of the molecule is O=C(Nc1ccc(NC(=S)Nc2ccc(F)c(Cl)c2)cc1)c1csnn1. The highest BCUT2D eigenvalue weighted by Crippen LogP contribution is 2.20. The Balaban J connectivity index is 1.57. The highest BCUT2D eigenvalue weighted by atomic mass is 35.5. The average Bonchev–Trinajstić information content (AvgIpc) is 3.15. The number of amides is 1. The number of rotatable bonds is 4. The van der Waals surface area contributed by atoms with E-state index >= 15 is 0 Å². The summed E-state index contributed by atoms with van der Waals surface area (Å²) in [5.41, 5.74) is 2.15. The summed E-state index contributed by atoms with van der Waals surface area (Å²) in [6.07, 6.45) is 0. The van der Waals surface area contributed by atoms with Gasteiger partial charge in [0, 0.05) is 22.4 Å². The summed E-state index contributed by atoms with van der Waals surface area (Å²) in [6.45, 7) is 0. The van der Waals surface area contributed by atoms with Crippen LogP contribution in [0.25, 0.3) is 0 Å². The monoisotopic (exact) mass is 407 g/mol. The Hall–Kier alpha value is -2.62. The minimum atomic E-state index is -0.498. The standard InChI is InChI=1S/C16H11ClFN5OS2/c17-12-7-11(5-6-13(12)18)21-16(25)20-10-3-1-9(2-4-10)19-15(24)14-8-26-23-22-14/h1-8H,(H,19,24)(H2,20,21,25). The van der Waals surface area contributed by atoms with E-state index in [1.54, 1.807) is 29.6 Å². The molecule has 1 amide bonds. The Morgan fingerprint density at radius 3 is 2.27 bits per heavy atom. The minimum absolute atomic E-state index is 0.00760. The van der Waals surface area contributed by atoms with Gasteiger partial charge in [0.15, 0.2) is 10.8 Å². The van der Waals surface area contributed by atoms with Gasteiger partial charge in [0.1, 0.15) is 5.82 Å². The first-order valence-corrected chi connectivity index (χ1v) is 8.85. The number of nitrogens with one attached hydrogen (secondary N) is 3. The number of thiocarbonyl (C=S) groups is 1. The summed E-state index contributed by atoms with van der Waals surface area (Å²) >= 11 is 12.0. The van der Waals surface area contributed by atoms with Gasteiger partial charge in [-0.15, -0.1) is 5.10 Å². The van der Waals surface area contributed by atoms with Crippen LogP contribution in [0.5, 0.6) is 0 Å². The minimum Gasteiger partial charge on any atom is -0.332 e. The Labute approximate surface area is 162 Å². The highest BCUT2D eigenvalue weighted by Gasteiger charge is 2.09. The lowest BCUT2D eigenvalue weighted by molar-refractivity contribution is 0.102. The predicted molar refractivity (Wildman–Crippen MR) is 106 cm³/mol. The molecule has 0 atom stereocenters. The van der Waals surface area contributed by atoms with Crippen LogP contribution in [0.4, 0.5) is 21.5 Å². The van der Waals surface area contributed by atoms with E-state index in [1.165, 1.54) is 18.2 Å². The van der Waals surface area contributed by atoms with Crippen LogP contribution in [0, 0.1) is 5.82 Å². The molecule has 0 fully saturated rings. The average molecular weight is 408 g/mol. The van der Waals surface area contributed by atoms with Gasteiger partial charge in [0.2, 0.25) is 0 Å². The predicted octanol–water partition coefficient (Wildman–Crippen LogP) is 4.39. The summed E-state index contributed by atoms with van der Waals surface area (Å²) in [5.74, 6) is -0.827. The molecule has 0 aliphatic carbocycles.